The van der Waals surface area contributed by atoms with Gasteiger partial charge >= 0.3 is 5.97 Å². The topological polar surface area (TPSA) is 78.4 Å². The van der Waals surface area contributed by atoms with E-state index in [0.717, 1.165) is 0 Å². The van der Waals surface area contributed by atoms with Crippen molar-refractivity contribution in [1.29, 1.82) is 0 Å². The molecule has 108 valence electrons. The number of aldehydes is 1. The van der Waals surface area contributed by atoms with Crippen LogP contribution in [-0.2, 0) is 4.74 Å². The van der Waals surface area contributed by atoms with Crippen LogP contribution >= 0.6 is 11.6 Å². The molecule has 2 aromatic rings. The molecule has 0 amide bonds. The van der Waals surface area contributed by atoms with Gasteiger partial charge in [-0.2, -0.15) is 0 Å². The van der Waals surface area contributed by atoms with Crippen molar-refractivity contribution in [2.45, 2.75) is 0 Å². The van der Waals surface area contributed by atoms with Gasteiger partial charge in [0.1, 0.15) is 10.8 Å². The van der Waals surface area contributed by atoms with Crippen LogP contribution in [0.25, 0.3) is 11.1 Å². The first-order chi connectivity index (χ1) is 10.1. The number of hydrogen-bond donors (Lipinski definition) is 0. The maximum Gasteiger partial charge on any atom is 0.340 e. The summed E-state index contributed by atoms with van der Waals surface area (Å²) in [6.45, 7) is 0. The van der Waals surface area contributed by atoms with Gasteiger partial charge in [-0.25, -0.2) is 14.8 Å². The highest BCUT2D eigenvalue weighted by atomic mass is 35.5. The molecule has 0 aromatic carbocycles. The minimum absolute atomic E-state index is 0.0769. The van der Waals surface area contributed by atoms with Gasteiger partial charge in [-0.1, -0.05) is 11.6 Å². The Morgan fingerprint density at radius 1 is 1.33 bits per heavy atom. The Morgan fingerprint density at radius 3 is 2.67 bits per heavy atom. The summed E-state index contributed by atoms with van der Waals surface area (Å²) in [7, 11) is 2.64. The fourth-order valence-electron chi connectivity index (χ4n) is 1.91. The Labute approximate surface area is 125 Å². The van der Waals surface area contributed by atoms with Crippen LogP contribution < -0.4 is 4.74 Å². The third-order valence-electron chi connectivity index (χ3n) is 2.80. The van der Waals surface area contributed by atoms with Crippen LogP contribution in [0.2, 0.25) is 5.15 Å². The van der Waals surface area contributed by atoms with Gasteiger partial charge in [0.2, 0.25) is 0 Å². The van der Waals surface area contributed by atoms with Gasteiger partial charge in [-0.05, 0) is 17.7 Å². The zero-order valence-electron chi connectivity index (χ0n) is 11.3. The van der Waals surface area contributed by atoms with E-state index in [2.05, 4.69) is 9.97 Å². The Balaban J connectivity index is 2.81. The second-order valence-corrected chi connectivity index (χ2v) is 4.33. The standard InChI is InChI=1S/C14H11ClN2O4/c1-20-13-10(7-18)17-6-9(14(19)21-2)12(13)8-3-4-16-11(15)5-8/h3-7H,1-2H3. The minimum Gasteiger partial charge on any atom is -0.494 e. The smallest absolute Gasteiger partial charge is 0.340 e. The molecule has 0 saturated carbocycles. The summed E-state index contributed by atoms with van der Waals surface area (Å²) in [5.41, 5.74) is 1.19. The summed E-state index contributed by atoms with van der Waals surface area (Å²) in [4.78, 5) is 30.8. The van der Waals surface area contributed by atoms with E-state index in [4.69, 9.17) is 21.1 Å². The summed E-state index contributed by atoms with van der Waals surface area (Å²) in [5, 5.41) is 0.245. The van der Waals surface area contributed by atoms with Gasteiger partial charge in [0.25, 0.3) is 0 Å². The quantitative estimate of drug-likeness (QED) is 0.490. The lowest BCUT2D eigenvalue weighted by Crippen LogP contribution is -2.08. The third kappa shape index (κ3) is 2.85. The van der Waals surface area contributed by atoms with E-state index >= 15 is 0 Å². The number of aromatic nitrogens is 2. The Hall–Kier alpha value is -2.47. The SMILES string of the molecule is COC(=O)c1cnc(C=O)c(OC)c1-c1ccnc(Cl)c1. The van der Waals surface area contributed by atoms with Gasteiger partial charge in [0.15, 0.2) is 12.0 Å². The summed E-state index contributed by atoms with van der Waals surface area (Å²) >= 11 is 5.88. The molecule has 0 spiro atoms. The molecule has 0 atom stereocenters. The van der Waals surface area contributed by atoms with E-state index < -0.39 is 5.97 Å². The van der Waals surface area contributed by atoms with Gasteiger partial charge in [0.05, 0.1) is 19.8 Å². The molecular formula is C14H11ClN2O4. The second kappa shape index (κ2) is 6.32. The van der Waals surface area contributed by atoms with Gasteiger partial charge in [0, 0.05) is 18.0 Å². The molecular weight excluding hydrogens is 296 g/mol. The first-order valence-electron chi connectivity index (χ1n) is 5.84. The van der Waals surface area contributed by atoms with Crippen molar-refractivity contribution in [3.05, 3.63) is 40.9 Å². The monoisotopic (exact) mass is 306 g/mol. The molecule has 0 bridgehead atoms. The third-order valence-corrected chi connectivity index (χ3v) is 3.00. The number of methoxy groups -OCH3 is 2. The van der Waals surface area contributed by atoms with Crippen molar-refractivity contribution in [1.82, 2.24) is 9.97 Å². The minimum atomic E-state index is -0.596. The van der Waals surface area contributed by atoms with Gasteiger partial charge in [-0.15, -0.1) is 0 Å². The normalized spacial score (nSPS) is 10.0. The summed E-state index contributed by atoms with van der Waals surface area (Å²) in [6.07, 6.45) is 3.30. The fourth-order valence-corrected chi connectivity index (χ4v) is 2.08. The molecule has 2 rings (SSSR count). The molecule has 0 saturated heterocycles. The number of carbonyl (C=O) groups excluding carboxylic acids is 2. The van der Waals surface area contributed by atoms with E-state index in [9.17, 15) is 9.59 Å². The van der Waals surface area contributed by atoms with Gasteiger partial charge < -0.3 is 9.47 Å². The first-order valence-corrected chi connectivity index (χ1v) is 6.22. The predicted octanol–water partition coefficient (Wildman–Crippen LogP) is 2.40. The number of hydrogen-bond acceptors (Lipinski definition) is 6. The lowest BCUT2D eigenvalue weighted by atomic mass is 10.00. The molecule has 0 radical (unpaired) electrons. The summed E-state index contributed by atoms with van der Waals surface area (Å²) in [6, 6.07) is 3.20. The molecule has 2 aromatic heterocycles. The number of esters is 1. The molecule has 0 fully saturated rings. The van der Waals surface area contributed by atoms with E-state index in [-0.39, 0.29) is 22.2 Å². The highest BCUT2D eigenvalue weighted by molar-refractivity contribution is 6.29. The van der Waals surface area contributed by atoms with Crippen LogP contribution in [0, 0.1) is 0 Å². The van der Waals surface area contributed by atoms with Crippen molar-refractivity contribution < 1.29 is 19.1 Å². The summed E-state index contributed by atoms with van der Waals surface area (Å²) < 4.78 is 9.96. The van der Waals surface area contributed by atoms with Crippen LogP contribution in [0.1, 0.15) is 20.8 Å². The van der Waals surface area contributed by atoms with Crippen LogP contribution in [0.5, 0.6) is 5.75 Å². The molecule has 2 heterocycles. The Kier molecular flexibility index (Phi) is 4.49. The molecule has 0 unspecified atom stereocenters. The highest BCUT2D eigenvalue weighted by Crippen LogP contribution is 2.35. The Morgan fingerprint density at radius 2 is 2.10 bits per heavy atom. The van der Waals surface area contributed by atoms with Gasteiger partial charge in [-0.3, -0.25) is 4.79 Å². The van der Waals surface area contributed by atoms with Crippen molar-refractivity contribution in [2.24, 2.45) is 0 Å². The van der Waals surface area contributed by atoms with E-state index in [1.807, 2.05) is 0 Å². The second-order valence-electron chi connectivity index (χ2n) is 3.94. The largest absolute Gasteiger partial charge is 0.494 e. The lowest BCUT2D eigenvalue weighted by molar-refractivity contribution is 0.0600. The molecule has 0 aliphatic carbocycles. The maximum absolute atomic E-state index is 11.9. The van der Waals surface area contributed by atoms with Crippen molar-refractivity contribution >= 4 is 23.9 Å². The zero-order chi connectivity index (χ0) is 15.4. The van der Waals surface area contributed by atoms with Crippen molar-refractivity contribution in [3.63, 3.8) is 0 Å². The average molecular weight is 307 g/mol. The maximum atomic E-state index is 11.9. The van der Waals surface area contributed by atoms with Crippen molar-refractivity contribution in [3.8, 4) is 16.9 Å². The molecule has 21 heavy (non-hydrogen) atoms. The molecule has 0 N–H and O–H groups in total. The number of halogens is 1. The highest BCUT2D eigenvalue weighted by Gasteiger charge is 2.22. The van der Waals surface area contributed by atoms with Crippen LogP contribution in [-0.4, -0.2) is 36.4 Å². The lowest BCUT2D eigenvalue weighted by Gasteiger charge is -2.14. The number of pyridine rings is 2. The first kappa shape index (κ1) is 14.9. The van der Waals surface area contributed by atoms with E-state index in [1.165, 1.54) is 26.6 Å². The molecule has 6 nitrogen and oxygen atoms in total. The number of rotatable bonds is 4. The average Bonchev–Trinajstić information content (AvgIpc) is 2.52. The fraction of sp³-hybridized carbons (Fsp3) is 0.143. The predicted molar refractivity (Wildman–Crippen MR) is 75.8 cm³/mol. The number of ether oxygens (including phenoxy) is 2. The number of carbonyl (C=O) groups is 2. The van der Waals surface area contributed by atoms with Crippen LogP contribution in [0.3, 0.4) is 0 Å². The molecule has 0 aliphatic heterocycles. The van der Waals surface area contributed by atoms with Crippen LogP contribution in [0.4, 0.5) is 0 Å². The summed E-state index contributed by atoms with van der Waals surface area (Å²) in [5.74, 6) is -0.420. The van der Waals surface area contributed by atoms with E-state index in [1.54, 1.807) is 12.1 Å². The zero-order valence-corrected chi connectivity index (χ0v) is 12.0. The molecule has 7 heteroatoms. The van der Waals surface area contributed by atoms with E-state index in [0.29, 0.717) is 17.4 Å². The number of nitrogens with zero attached hydrogens (tertiary/aromatic N) is 2. The Bertz CT molecular complexity index is 703. The van der Waals surface area contributed by atoms with Crippen LogP contribution in [0.15, 0.2) is 24.5 Å². The molecule has 0 aliphatic rings. The van der Waals surface area contributed by atoms with Crippen molar-refractivity contribution in [2.75, 3.05) is 14.2 Å².